The number of aliphatic hydroxyl groups excluding tert-OH is 5. The fourth-order valence-corrected chi connectivity index (χ4v) is 8.23. The molecule has 0 aromatic carbocycles. The van der Waals surface area contributed by atoms with E-state index in [0.29, 0.717) is 6.42 Å². The first-order valence-electron chi connectivity index (χ1n) is 23.6. The largest absolute Gasteiger partial charge is 0.472 e. The highest BCUT2D eigenvalue weighted by Crippen LogP contribution is 2.49. The summed E-state index contributed by atoms with van der Waals surface area (Å²) in [6.45, 7) is 2.80. The number of phosphoric acid groups is 2. The fraction of sp³-hybridized carbons (Fsp3) is 0.702. The van der Waals surface area contributed by atoms with E-state index in [2.05, 4.69) is 67.0 Å². The monoisotopic (exact) mass is 978 g/mol. The van der Waals surface area contributed by atoms with E-state index in [-0.39, 0.29) is 25.7 Å². The standard InChI is InChI=1S/C47H80O17P2/c1-3-5-7-9-11-13-15-17-18-20-22-24-26-28-30-34-41(50)62-39(37-61-66(58,59)64-47-44(53)42(51)43(52)46(45(47)54)63-65(55,56)57)36-60-40(49)35-31-33-38(48)32-29-27-25-23-21-19-16-14-12-10-8-6-4-2/h5,7,11,13,17-19,21,25,27,29,32,38-39,42-48,51-54H,3-4,6,8-10,12,14-16,20,22-24,26,28,30-31,33-37H2,1-2H3,(H,58,59)(H2,55,56,57)/b7-5-,13-11-,18-17-,21-19+,27-25+,32-29+/t38?,39-,42?,43?,44?,45?,46-,47+/m1/s1. The molecule has 0 heterocycles. The van der Waals surface area contributed by atoms with Crippen LogP contribution < -0.4 is 0 Å². The van der Waals surface area contributed by atoms with Crippen LogP contribution in [0.4, 0.5) is 0 Å². The summed E-state index contributed by atoms with van der Waals surface area (Å²) >= 11 is 0. The average molecular weight is 979 g/mol. The van der Waals surface area contributed by atoms with E-state index >= 15 is 0 Å². The molecule has 66 heavy (non-hydrogen) atoms. The zero-order valence-electron chi connectivity index (χ0n) is 39.0. The molecule has 1 fully saturated rings. The molecule has 1 saturated carbocycles. The first-order chi connectivity index (χ1) is 31.5. The highest BCUT2D eigenvalue weighted by molar-refractivity contribution is 7.47. The fourth-order valence-electron chi connectivity index (χ4n) is 6.70. The smallest absolute Gasteiger partial charge is 0.462 e. The van der Waals surface area contributed by atoms with Crippen LogP contribution in [0.3, 0.4) is 0 Å². The van der Waals surface area contributed by atoms with Gasteiger partial charge in [-0.15, -0.1) is 0 Å². The maximum atomic E-state index is 13.0. The molecule has 0 aromatic rings. The molecule has 0 saturated heterocycles. The van der Waals surface area contributed by atoms with Gasteiger partial charge in [-0.05, 0) is 70.6 Å². The van der Waals surface area contributed by atoms with Gasteiger partial charge in [-0.2, -0.15) is 0 Å². The van der Waals surface area contributed by atoms with Crippen LogP contribution >= 0.6 is 15.6 Å². The third-order valence-electron chi connectivity index (χ3n) is 10.4. The third kappa shape index (κ3) is 31.4. The molecule has 8 N–H and O–H groups in total. The maximum Gasteiger partial charge on any atom is 0.472 e. The zero-order chi connectivity index (χ0) is 49.1. The van der Waals surface area contributed by atoms with E-state index in [9.17, 15) is 58.9 Å². The number of carbonyl (C=O) groups excluding carboxylic acids is 2. The molecule has 0 radical (unpaired) electrons. The molecule has 6 unspecified atom stereocenters. The van der Waals surface area contributed by atoms with E-state index in [0.717, 1.165) is 64.2 Å². The predicted octanol–water partition coefficient (Wildman–Crippen LogP) is 7.81. The number of phosphoric ester groups is 2. The van der Waals surface area contributed by atoms with E-state index in [1.54, 1.807) is 12.2 Å². The topological polar surface area (TPSA) is 276 Å². The number of allylic oxidation sites excluding steroid dienone is 11. The Balaban J connectivity index is 2.69. The number of ether oxygens (including phenoxy) is 2. The minimum atomic E-state index is -5.39. The predicted molar refractivity (Wildman–Crippen MR) is 252 cm³/mol. The molecular weight excluding hydrogens is 898 g/mol. The molecule has 0 spiro atoms. The lowest BCUT2D eigenvalue weighted by Crippen LogP contribution is -2.64. The highest BCUT2D eigenvalue weighted by Gasteiger charge is 2.54. The Morgan fingerprint density at radius 1 is 0.576 bits per heavy atom. The van der Waals surface area contributed by atoms with Gasteiger partial charge in [0.15, 0.2) is 6.10 Å². The van der Waals surface area contributed by atoms with E-state index in [4.69, 9.17) is 18.5 Å². The molecule has 0 bridgehead atoms. The maximum absolute atomic E-state index is 13.0. The second kappa shape index (κ2) is 37.3. The molecule has 19 heteroatoms. The second-order valence-electron chi connectivity index (χ2n) is 16.3. The highest BCUT2D eigenvalue weighted by atomic mass is 31.2. The van der Waals surface area contributed by atoms with Gasteiger partial charge in [-0.25, -0.2) is 9.13 Å². The number of hydrogen-bond acceptors (Lipinski definition) is 14. The molecule has 0 aliphatic heterocycles. The normalized spacial score (nSPS) is 22.6. The third-order valence-corrected chi connectivity index (χ3v) is 11.9. The van der Waals surface area contributed by atoms with Gasteiger partial charge in [0.1, 0.15) is 43.2 Å². The van der Waals surface area contributed by atoms with Crippen molar-refractivity contribution in [2.75, 3.05) is 13.2 Å². The van der Waals surface area contributed by atoms with Crippen LogP contribution in [0.25, 0.3) is 0 Å². The first-order valence-corrected chi connectivity index (χ1v) is 26.6. The summed E-state index contributed by atoms with van der Waals surface area (Å²) < 4.78 is 49.2. The van der Waals surface area contributed by atoms with Crippen molar-refractivity contribution < 1.29 is 82.0 Å². The van der Waals surface area contributed by atoms with Gasteiger partial charge >= 0.3 is 27.6 Å². The van der Waals surface area contributed by atoms with Crippen molar-refractivity contribution in [3.05, 3.63) is 72.9 Å². The SMILES string of the molecule is CC/C=C\C/C=C\C/C=C\CCCCCCCC(=O)O[C@H](COC(=O)CCCC(O)/C=C/C=C/C/C=C/CCCCCCCC)COP(=O)(O)O[C@H]1C(O)C(O)C(O)[C@@H](OP(=O)(O)O)C1O. The van der Waals surface area contributed by atoms with Gasteiger partial charge < -0.3 is 49.7 Å². The molecule has 9 atom stereocenters. The second-order valence-corrected chi connectivity index (χ2v) is 18.9. The Hall–Kier alpha value is -2.60. The number of carbonyl (C=O) groups is 2. The van der Waals surface area contributed by atoms with Gasteiger partial charge in [0.2, 0.25) is 0 Å². The Morgan fingerprint density at radius 3 is 1.71 bits per heavy atom. The summed E-state index contributed by atoms with van der Waals surface area (Å²) in [6, 6.07) is 0. The summed E-state index contributed by atoms with van der Waals surface area (Å²) in [6.07, 6.45) is 26.0. The first kappa shape index (κ1) is 61.4. The van der Waals surface area contributed by atoms with Crippen LogP contribution in [-0.2, 0) is 41.8 Å². The van der Waals surface area contributed by atoms with Crippen molar-refractivity contribution in [2.45, 2.75) is 198 Å². The lowest BCUT2D eigenvalue weighted by molar-refractivity contribution is -0.216. The number of rotatable bonds is 38. The quantitative estimate of drug-likeness (QED) is 0.00963. The van der Waals surface area contributed by atoms with E-state index in [1.807, 2.05) is 12.2 Å². The Bertz CT molecular complexity index is 1570. The summed E-state index contributed by atoms with van der Waals surface area (Å²) in [5, 5.41) is 51.5. The van der Waals surface area contributed by atoms with Crippen molar-refractivity contribution in [1.29, 1.82) is 0 Å². The molecule has 0 aromatic heterocycles. The van der Waals surface area contributed by atoms with Crippen molar-refractivity contribution in [3.63, 3.8) is 0 Å². The van der Waals surface area contributed by atoms with Crippen LogP contribution in [0.1, 0.15) is 149 Å². The summed E-state index contributed by atoms with van der Waals surface area (Å²) in [5.74, 6) is -1.43. The zero-order valence-corrected chi connectivity index (χ0v) is 40.7. The number of aliphatic hydroxyl groups is 5. The molecule has 380 valence electrons. The number of esters is 2. The molecule has 17 nitrogen and oxygen atoms in total. The number of unbranched alkanes of at least 4 members (excludes halogenated alkanes) is 11. The van der Waals surface area contributed by atoms with Gasteiger partial charge in [-0.3, -0.25) is 23.2 Å². The Morgan fingerprint density at radius 2 is 1.11 bits per heavy atom. The lowest BCUT2D eigenvalue weighted by Gasteiger charge is -2.43. The Kier molecular flexibility index (Phi) is 34.7. The van der Waals surface area contributed by atoms with Gasteiger partial charge in [0.25, 0.3) is 0 Å². The minimum Gasteiger partial charge on any atom is -0.462 e. The van der Waals surface area contributed by atoms with Crippen LogP contribution in [0.15, 0.2) is 72.9 Å². The van der Waals surface area contributed by atoms with Crippen molar-refractivity contribution >= 4 is 27.6 Å². The summed E-state index contributed by atoms with van der Waals surface area (Å²) in [4.78, 5) is 54.3. The van der Waals surface area contributed by atoms with Gasteiger partial charge in [-0.1, -0.05) is 138 Å². The van der Waals surface area contributed by atoms with Crippen LogP contribution in [-0.4, -0.2) is 114 Å². The average Bonchev–Trinajstić information content (AvgIpc) is 3.26. The molecular formula is C47H80O17P2. The van der Waals surface area contributed by atoms with E-state index in [1.165, 1.54) is 38.5 Å². The van der Waals surface area contributed by atoms with Crippen molar-refractivity contribution in [1.82, 2.24) is 0 Å². The van der Waals surface area contributed by atoms with Gasteiger partial charge in [0, 0.05) is 12.8 Å². The molecule has 1 rings (SSSR count). The summed E-state index contributed by atoms with van der Waals surface area (Å²) in [5.41, 5.74) is 0. The summed E-state index contributed by atoms with van der Waals surface area (Å²) in [7, 11) is -10.7. The molecule has 1 aliphatic carbocycles. The van der Waals surface area contributed by atoms with Crippen molar-refractivity contribution in [2.24, 2.45) is 0 Å². The van der Waals surface area contributed by atoms with Gasteiger partial charge in [0.05, 0.1) is 12.7 Å². The van der Waals surface area contributed by atoms with Crippen LogP contribution in [0.5, 0.6) is 0 Å². The molecule has 0 amide bonds. The minimum absolute atomic E-state index is 0.0183. The number of hydrogen-bond donors (Lipinski definition) is 8. The van der Waals surface area contributed by atoms with E-state index < -0.39 is 89.6 Å². The Labute approximate surface area is 392 Å². The molecule has 1 aliphatic rings. The van der Waals surface area contributed by atoms with Crippen LogP contribution in [0.2, 0.25) is 0 Å². The van der Waals surface area contributed by atoms with Crippen LogP contribution in [0, 0.1) is 0 Å². The lowest BCUT2D eigenvalue weighted by atomic mass is 9.85. The van der Waals surface area contributed by atoms with Crippen molar-refractivity contribution in [3.8, 4) is 0 Å².